The third-order valence-electron chi connectivity index (χ3n) is 3.53. The molecule has 0 bridgehead atoms. The van der Waals surface area contributed by atoms with E-state index in [1.165, 1.54) is 23.7 Å². The van der Waals surface area contributed by atoms with Crippen molar-refractivity contribution in [3.63, 3.8) is 0 Å². The molecular formula is C18H17ClN4S. The van der Waals surface area contributed by atoms with E-state index in [1.54, 1.807) is 0 Å². The maximum atomic E-state index is 6.27. The van der Waals surface area contributed by atoms with Crippen molar-refractivity contribution in [2.75, 3.05) is 11.1 Å². The monoisotopic (exact) mass is 356 g/mol. The molecule has 0 aliphatic rings. The molecule has 0 amide bonds. The fourth-order valence-corrected chi connectivity index (χ4v) is 3.18. The molecule has 0 unspecified atom stereocenters. The van der Waals surface area contributed by atoms with Crippen LogP contribution < -0.4 is 11.1 Å². The molecule has 0 saturated heterocycles. The van der Waals surface area contributed by atoms with Gasteiger partial charge in [0.05, 0.1) is 0 Å². The molecule has 0 aliphatic heterocycles. The fraction of sp³-hybridized carbons (Fsp3) is 0.111. The van der Waals surface area contributed by atoms with Gasteiger partial charge in [-0.05, 0) is 42.3 Å². The zero-order valence-corrected chi connectivity index (χ0v) is 14.7. The van der Waals surface area contributed by atoms with Crippen LogP contribution in [0.15, 0.2) is 64.8 Å². The number of rotatable bonds is 5. The lowest BCUT2D eigenvalue weighted by Gasteiger charge is -2.13. The summed E-state index contributed by atoms with van der Waals surface area (Å²) in [7, 11) is 0. The molecule has 0 saturated carbocycles. The number of nitrogens with zero attached hydrogens (tertiary/aromatic N) is 2. The van der Waals surface area contributed by atoms with Crippen molar-refractivity contribution in [1.82, 2.24) is 9.97 Å². The molecule has 4 nitrogen and oxygen atoms in total. The van der Waals surface area contributed by atoms with Crippen molar-refractivity contribution in [2.45, 2.75) is 23.3 Å². The minimum Gasteiger partial charge on any atom is -0.394 e. The van der Waals surface area contributed by atoms with Crippen LogP contribution >= 0.6 is 23.4 Å². The zero-order chi connectivity index (χ0) is 16.9. The van der Waals surface area contributed by atoms with E-state index in [-0.39, 0.29) is 0 Å². The maximum Gasteiger partial charge on any atom is 0.158 e. The Labute approximate surface area is 150 Å². The second-order valence-corrected chi connectivity index (χ2v) is 6.63. The van der Waals surface area contributed by atoms with Crippen molar-refractivity contribution in [3.8, 4) is 0 Å². The average molecular weight is 357 g/mol. The van der Waals surface area contributed by atoms with Crippen LogP contribution in [-0.4, -0.2) is 9.97 Å². The molecule has 3 aromatic rings. The molecule has 0 spiro atoms. The third kappa shape index (κ3) is 3.80. The first kappa shape index (κ1) is 16.6. The van der Waals surface area contributed by atoms with Gasteiger partial charge >= 0.3 is 0 Å². The van der Waals surface area contributed by atoms with E-state index in [2.05, 4.69) is 28.3 Å². The van der Waals surface area contributed by atoms with E-state index >= 15 is 0 Å². The van der Waals surface area contributed by atoms with Crippen molar-refractivity contribution >= 4 is 40.6 Å². The molecule has 2 aromatic carbocycles. The highest BCUT2D eigenvalue weighted by Gasteiger charge is 2.11. The van der Waals surface area contributed by atoms with E-state index in [9.17, 15) is 0 Å². The van der Waals surface area contributed by atoms with Crippen LogP contribution in [0.2, 0.25) is 5.02 Å². The number of nitrogens with two attached hydrogens (primary N) is 1. The number of benzene rings is 2. The molecule has 0 radical (unpaired) electrons. The molecule has 3 N–H and O–H groups in total. The molecule has 3 rings (SSSR count). The lowest BCUT2D eigenvalue weighted by atomic mass is 10.1. The lowest BCUT2D eigenvalue weighted by Crippen LogP contribution is -2.03. The summed E-state index contributed by atoms with van der Waals surface area (Å²) in [5.74, 6) is 0.613. The minimum absolute atomic E-state index is 0.531. The summed E-state index contributed by atoms with van der Waals surface area (Å²) in [6.07, 6.45) is 2.45. The number of nitrogens with one attached hydrogen (secondary N) is 1. The Morgan fingerprint density at radius 3 is 2.58 bits per heavy atom. The van der Waals surface area contributed by atoms with Crippen LogP contribution in [0.5, 0.6) is 0 Å². The number of nitrogen functional groups attached to an aromatic ring is 1. The van der Waals surface area contributed by atoms with Crippen LogP contribution in [0.4, 0.5) is 17.2 Å². The number of halogens is 1. The normalized spacial score (nSPS) is 10.6. The Bertz CT molecular complexity index is 837. The Morgan fingerprint density at radius 1 is 1.08 bits per heavy atom. The van der Waals surface area contributed by atoms with Gasteiger partial charge in [-0.1, -0.05) is 48.5 Å². The molecule has 6 heteroatoms. The van der Waals surface area contributed by atoms with Crippen LogP contribution in [0.25, 0.3) is 0 Å². The molecule has 0 atom stereocenters. The number of aryl methyl sites for hydroxylation is 1. The van der Waals surface area contributed by atoms with Crippen molar-refractivity contribution < 1.29 is 0 Å². The summed E-state index contributed by atoms with van der Waals surface area (Å²) in [6.45, 7) is 2.12. The van der Waals surface area contributed by atoms with Crippen molar-refractivity contribution in [3.05, 3.63) is 65.4 Å². The van der Waals surface area contributed by atoms with E-state index in [4.69, 9.17) is 17.3 Å². The first-order valence-electron chi connectivity index (χ1n) is 7.56. The number of hydrogen-bond donors (Lipinski definition) is 2. The van der Waals surface area contributed by atoms with Gasteiger partial charge < -0.3 is 11.1 Å². The Kier molecular flexibility index (Phi) is 5.23. The predicted octanol–water partition coefficient (Wildman–Crippen LogP) is 5.17. The molecular weight excluding hydrogens is 340 g/mol. The second-order valence-electron chi connectivity index (χ2n) is 5.13. The minimum atomic E-state index is 0.531. The van der Waals surface area contributed by atoms with Crippen molar-refractivity contribution in [2.24, 2.45) is 0 Å². The summed E-state index contributed by atoms with van der Waals surface area (Å²) in [6, 6.07) is 15.7. The highest BCUT2D eigenvalue weighted by Crippen LogP contribution is 2.34. The standard InChI is InChI=1S/C18H17ClN4S/c1-2-12-5-3-4-6-15(12)23-17-16(20)18(22-11-21-17)24-14-9-7-13(19)8-10-14/h3-11H,2,20H2,1H3,(H,21,22,23). The number of anilines is 3. The highest BCUT2D eigenvalue weighted by atomic mass is 35.5. The van der Waals surface area contributed by atoms with Gasteiger partial charge in [-0.25, -0.2) is 9.97 Å². The van der Waals surface area contributed by atoms with Gasteiger partial charge in [-0.3, -0.25) is 0 Å². The summed E-state index contributed by atoms with van der Waals surface area (Å²) in [5, 5.41) is 4.73. The SMILES string of the molecule is CCc1ccccc1Nc1ncnc(Sc2ccc(Cl)cc2)c1N. The average Bonchev–Trinajstić information content (AvgIpc) is 2.61. The fourth-order valence-electron chi connectivity index (χ4n) is 2.25. The molecule has 24 heavy (non-hydrogen) atoms. The number of para-hydroxylation sites is 1. The highest BCUT2D eigenvalue weighted by molar-refractivity contribution is 7.99. The zero-order valence-electron chi connectivity index (χ0n) is 13.2. The summed E-state index contributed by atoms with van der Waals surface area (Å²) >= 11 is 7.40. The van der Waals surface area contributed by atoms with Crippen molar-refractivity contribution in [1.29, 1.82) is 0 Å². The number of hydrogen-bond acceptors (Lipinski definition) is 5. The first-order chi connectivity index (χ1) is 11.7. The van der Waals surface area contributed by atoms with E-state index in [0.717, 1.165) is 17.0 Å². The largest absolute Gasteiger partial charge is 0.394 e. The van der Waals surface area contributed by atoms with Gasteiger partial charge in [0.25, 0.3) is 0 Å². The number of aromatic nitrogens is 2. The van der Waals surface area contributed by atoms with Gasteiger partial charge in [0.15, 0.2) is 5.82 Å². The van der Waals surface area contributed by atoms with Crippen LogP contribution in [0.3, 0.4) is 0 Å². The topological polar surface area (TPSA) is 63.8 Å². The molecule has 1 aromatic heterocycles. The summed E-state index contributed by atoms with van der Waals surface area (Å²) in [4.78, 5) is 9.60. The lowest BCUT2D eigenvalue weighted by molar-refractivity contribution is 1.06. The molecule has 0 fully saturated rings. The summed E-state index contributed by atoms with van der Waals surface area (Å²) in [5.41, 5.74) is 9.01. The van der Waals surface area contributed by atoms with E-state index in [0.29, 0.717) is 21.6 Å². The van der Waals surface area contributed by atoms with Crippen LogP contribution in [0.1, 0.15) is 12.5 Å². The quantitative estimate of drug-likeness (QED) is 0.617. The van der Waals surface area contributed by atoms with E-state index < -0.39 is 0 Å². The van der Waals surface area contributed by atoms with Gasteiger partial charge in [-0.2, -0.15) is 0 Å². The van der Waals surface area contributed by atoms with Gasteiger partial charge in [-0.15, -0.1) is 0 Å². The maximum absolute atomic E-state index is 6.27. The smallest absolute Gasteiger partial charge is 0.158 e. The first-order valence-corrected chi connectivity index (χ1v) is 8.75. The molecule has 1 heterocycles. The summed E-state index contributed by atoms with van der Waals surface area (Å²) < 4.78 is 0. The van der Waals surface area contributed by atoms with Gasteiger partial charge in [0.1, 0.15) is 17.0 Å². The van der Waals surface area contributed by atoms with E-state index in [1.807, 2.05) is 42.5 Å². The Balaban J connectivity index is 1.86. The Morgan fingerprint density at radius 2 is 1.83 bits per heavy atom. The van der Waals surface area contributed by atoms with Gasteiger partial charge in [0, 0.05) is 15.6 Å². The third-order valence-corrected chi connectivity index (χ3v) is 4.81. The van der Waals surface area contributed by atoms with Crippen LogP contribution in [-0.2, 0) is 6.42 Å². The second kappa shape index (κ2) is 7.55. The van der Waals surface area contributed by atoms with Gasteiger partial charge in [0.2, 0.25) is 0 Å². The molecule has 0 aliphatic carbocycles. The Hall–Kier alpha value is -2.24. The molecule has 122 valence electrons. The predicted molar refractivity (Wildman–Crippen MR) is 101 cm³/mol. The van der Waals surface area contributed by atoms with Crippen LogP contribution in [0, 0.1) is 0 Å².